The highest BCUT2D eigenvalue weighted by Crippen LogP contribution is 2.13. The Kier molecular flexibility index (Phi) is 4.29. The molecule has 3 rings (SSSR count). The number of aryl methyl sites for hydroxylation is 1. The minimum Gasteiger partial charge on any atom is -0.378 e. The van der Waals surface area contributed by atoms with Crippen LogP contribution in [0.4, 0.5) is 11.6 Å². The summed E-state index contributed by atoms with van der Waals surface area (Å²) in [5, 5.41) is 2.80. The van der Waals surface area contributed by atoms with Crippen molar-refractivity contribution in [3.63, 3.8) is 0 Å². The molecule has 0 aliphatic carbocycles. The van der Waals surface area contributed by atoms with Crippen LogP contribution in [0, 0.1) is 6.92 Å². The maximum Gasteiger partial charge on any atom is 0.255 e. The van der Waals surface area contributed by atoms with Gasteiger partial charge >= 0.3 is 0 Å². The van der Waals surface area contributed by atoms with Gasteiger partial charge in [-0.25, -0.2) is 9.97 Å². The topological polar surface area (TPSA) is 67.4 Å². The summed E-state index contributed by atoms with van der Waals surface area (Å²) >= 11 is 0. The van der Waals surface area contributed by atoms with Gasteiger partial charge in [-0.2, -0.15) is 0 Å². The predicted molar refractivity (Wildman–Crippen MR) is 84.2 cm³/mol. The number of anilines is 2. The molecule has 1 fully saturated rings. The molecular weight excluding hydrogens is 280 g/mol. The summed E-state index contributed by atoms with van der Waals surface area (Å²) < 4.78 is 5.30. The van der Waals surface area contributed by atoms with E-state index in [4.69, 9.17) is 4.74 Å². The zero-order valence-electron chi connectivity index (χ0n) is 12.5. The fourth-order valence-electron chi connectivity index (χ4n) is 2.22. The standard InChI is InChI=1S/C16H18N4O2/c1-12-2-4-13(5-3-12)15(21)19-14-10-17-16(18-11-14)20-6-8-22-9-7-20/h2-5,10-11H,6-9H2,1H3,(H,19,21). The lowest BCUT2D eigenvalue weighted by molar-refractivity contribution is 0.102. The van der Waals surface area contributed by atoms with E-state index in [-0.39, 0.29) is 5.91 Å². The van der Waals surface area contributed by atoms with Crippen molar-refractivity contribution in [2.75, 3.05) is 36.5 Å². The van der Waals surface area contributed by atoms with Crippen molar-refractivity contribution in [1.29, 1.82) is 0 Å². The van der Waals surface area contributed by atoms with Crippen LogP contribution in [0.5, 0.6) is 0 Å². The third-order valence-corrected chi connectivity index (χ3v) is 3.50. The Balaban J connectivity index is 1.65. The molecule has 1 aliphatic rings. The van der Waals surface area contributed by atoms with Crippen molar-refractivity contribution in [3.05, 3.63) is 47.8 Å². The van der Waals surface area contributed by atoms with Crippen molar-refractivity contribution in [3.8, 4) is 0 Å². The first-order chi connectivity index (χ1) is 10.7. The number of morpholine rings is 1. The Morgan fingerprint density at radius 1 is 1.14 bits per heavy atom. The summed E-state index contributed by atoms with van der Waals surface area (Å²) in [6, 6.07) is 7.42. The second kappa shape index (κ2) is 6.53. The molecule has 1 amide bonds. The van der Waals surface area contributed by atoms with Gasteiger partial charge in [0.05, 0.1) is 31.3 Å². The van der Waals surface area contributed by atoms with Gasteiger partial charge in [-0.05, 0) is 19.1 Å². The Labute approximate surface area is 129 Å². The van der Waals surface area contributed by atoms with Crippen molar-refractivity contribution < 1.29 is 9.53 Å². The van der Waals surface area contributed by atoms with Crippen LogP contribution in [-0.2, 0) is 4.74 Å². The molecular formula is C16H18N4O2. The van der Waals surface area contributed by atoms with E-state index in [2.05, 4.69) is 20.2 Å². The molecule has 0 spiro atoms. The van der Waals surface area contributed by atoms with Gasteiger partial charge in [-0.1, -0.05) is 17.7 Å². The van der Waals surface area contributed by atoms with E-state index in [0.29, 0.717) is 30.4 Å². The molecule has 1 aromatic carbocycles. The summed E-state index contributed by atoms with van der Waals surface area (Å²) in [5.41, 5.74) is 2.32. The summed E-state index contributed by atoms with van der Waals surface area (Å²) in [7, 11) is 0. The van der Waals surface area contributed by atoms with E-state index in [1.807, 2.05) is 19.1 Å². The van der Waals surface area contributed by atoms with Gasteiger partial charge in [0, 0.05) is 18.7 Å². The lowest BCUT2D eigenvalue weighted by atomic mass is 10.1. The quantitative estimate of drug-likeness (QED) is 0.937. The Morgan fingerprint density at radius 3 is 2.41 bits per heavy atom. The monoisotopic (exact) mass is 298 g/mol. The first kappa shape index (κ1) is 14.5. The summed E-state index contributed by atoms with van der Waals surface area (Å²) in [5.74, 6) is 0.499. The number of nitrogens with zero attached hydrogens (tertiary/aromatic N) is 3. The molecule has 2 aromatic rings. The molecule has 1 aromatic heterocycles. The molecule has 2 heterocycles. The Morgan fingerprint density at radius 2 is 1.77 bits per heavy atom. The zero-order valence-corrected chi connectivity index (χ0v) is 12.5. The van der Waals surface area contributed by atoms with Gasteiger partial charge in [0.1, 0.15) is 0 Å². The first-order valence-electron chi connectivity index (χ1n) is 7.25. The number of hydrogen-bond donors (Lipinski definition) is 1. The van der Waals surface area contributed by atoms with E-state index in [9.17, 15) is 4.79 Å². The average Bonchev–Trinajstić information content (AvgIpc) is 2.57. The number of hydrogen-bond acceptors (Lipinski definition) is 5. The van der Waals surface area contributed by atoms with Crippen LogP contribution in [0.1, 0.15) is 15.9 Å². The number of rotatable bonds is 3. The first-order valence-corrected chi connectivity index (χ1v) is 7.25. The van der Waals surface area contributed by atoms with Gasteiger partial charge < -0.3 is 15.0 Å². The molecule has 1 aliphatic heterocycles. The number of amides is 1. The molecule has 22 heavy (non-hydrogen) atoms. The molecule has 0 bridgehead atoms. The molecule has 0 saturated carbocycles. The van der Waals surface area contributed by atoms with Crippen molar-refractivity contribution in [2.45, 2.75) is 6.92 Å². The smallest absolute Gasteiger partial charge is 0.255 e. The Hall–Kier alpha value is -2.47. The van der Waals surface area contributed by atoms with Gasteiger partial charge in [0.25, 0.3) is 5.91 Å². The molecule has 0 radical (unpaired) electrons. The number of ether oxygens (including phenoxy) is 1. The van der Waals surface area contributed by atoms with Crippen LogP contribution in [0.25, 0.3) is 0 Å². The minimum absolute atomic E-state index is 0.164. The predicted octanol–water partition coefficient (Wildman–Crippen LogP) is 1.87. The largest absolute Gasteiger partial charge is 0.378 e. The van der Waals surface area contributed by atoms with E-state index < -0.39 is 0 Å². The van der Waals surface area contributed by atoms with Crippen LogP contribution in [0.2, 0.25) is 0 Å². The average molecular weight is 298 g/mol. The number of carbonyl (C=O) groups is 1. The highest BCUT2D eigenvalue weighted by atomic mass is 16.5. The van der Waals surface area contributed by atoms with Gasteiger partial charge in [0.2, 0.25) is 5.95 Å². The molecule has 6 nitrogen and oxygen atoms in total. The molecule has 6 heteroatoms. The molecule has 0 atom stereocenters. The fourth-order valence-corrected chi connectivity index (χ4v) is 2.22. The van der Waals surface area contributed by atoms with Crippen LogP contribution in [-0.4, -0.2) is 42.2 Å². The third kappa shape index (κ3) is 3.40. The fraction of sp³-hybridized carbons (Fsp3) is 0.312. The van der Waals surface area contributed by atoms with Crippen molar-refractivity contribution >= 4 is 17.5 Å². The second-order valence-corrected chi connectivity index (χ2v) is 5.19. The highest BCUT2D eigenvalue weighted by Gasteiger charge is 2.13. The maximum absolute atomic E-state index is 12.1. The number of aromatic nitrogens is 2. The zero-order chi connectivity index (χ0) is 15.4. The second-order valence-electron chi connectivity index (χ2n) is 5.19. The van der Waals surface area contributed by atoms with E-state index in [0.717, 1.165) is 18.7 Å². The van der Waals surface area contributed by atoms with Crippen LogP contribution in [0.3, 0.4) is 0 Å². The summed E-state index contributed by atoms with van der Waals surface area (Å²) in [4.78, 5) is 22.8. The number of carbonyl (C=O) groups excluding carboxylic acids is 1. The summed E-state index contributed by atoms with van der Waals surface area (Å²) in [6.45, 7) is 4.94. The van der Waals surface area contributed by atoms with Gasteiger partial charge in [-0.3, -0.25) is 4.79 Å². The summed E-state index contributed by atoms with van der Waals surface area (Å²) in [6.07, 6.45) is 3.26. The van der Waals surface area contributed by atoms with Crippen LogP contribution in [0.15, 0.2) is 36.7 Å². The van der Waals surface area contributed by atoms with Crippen LogP contribution < -0.4 is 10.2 Å². The highest BCUT2D eigenvalue weighted by molar-refractivity contribution is 6.04. The molecule has 1 N–H and O–H groups in total. The van der Waals surface area contributed by atoms with E-state index in [1.54, 1.807) is 24.5 Å². The number of benzene rings is 1. The third-order valence-electron chi connectivity index (χ3n) is 3.50. The minimum atomic E-state index is -0.164. The molecule has 1 saturated heterocycles. The molecule has 114 valence electrons. The normalized spacial score (nSPS) is 14.7. The Bertz CT molecular complexity index is 634. The lowest BCUT2D eigenvalue weighted by Gasteiger charge is -2.26. The van der Waals surface area contributed by atoms with Crippen molar-refractivity contribution in [1.82, 2.24) is 9.97 Å². The van der Waals surface area contributed by atoms with Crippen molar-refractivity contribution in [2.24, 2.45) is 0 Å². The number of nitrogens with one attached hydrogen (secondary N) is 1. The SMILES string of the molecule is Cc1ccc(C(=O)Nc2cnc(N3CCOCC3)nc2)cc1. The molecule has 0 unspecified atom stereocenters. The lowest BCUT2D eigenvalue weighted by Crippen LogP contribution is -2.37. The maximum atomic E-state index is 12.1. The van der Waals surface area contributed by atoms with E-state index >= 15 is 0 Å². The van der Waals surface area contributed by atoms with E-state index in [1.165, 1.54) is 0 Å². The van der Waals surface area contributed by atoms with Gasteiger partial charge in [0.15, 0.2) is 0 Å². The van der Waals surface area contributed by atoms with Gasteiger partial charge in [-0.15, -0.1) is 0 Å². The van der Waals surface area contributed by atoms with Crippen LogP contribution >= 0.6 is 0 Å².